The summed E-state index contributed by atoms with van der Waals surface area (Å²) in [6.07, 6.45) is 1.75. The molecule has 1 saturated carbocycles. The normalized spacial score (nSPS) is 26.3. The summed E-state index contributed by atoms with van der Waals surface area (Å²) in [7, 11) is 0. The molecule has 5 nitrogen and oxygen atoms in total. The van der Waals surface area contributed by atoms with E-state index in [0.29, 0.717) is 25.2 Å². The quantitative estimate of drug-likeness (QED) is 0.734. The van der Waals surface area contributed by atoms with Crippen molar-refractivity contribution in [2.75, 3.05) is 13.1 Å². The van der Waals surface area contributed by atoms with E-state index < -0.39 is 17.0 Å². The SMILES string of the molecule is CC(C)OC1CN(C(=O)[C@@]23CC[C@@H](c4cc(-c5c(F)cccc5F)nnc42)C3(C)C)C1. The fraction of sp³-hybridized carbons (Fsp3) is 0.542. The number of fused-ring (bicyclic) bond motifs is 5. The molecule has 31 heavy (non-hydrogen) atoms. The van der Waals surface area contributed by atoms with Gasteiger partial charge in [0.15, 0.2) is 0 Å². The molecule has 2 heterocycles. The van der Waals surface area contributed by atoms with Crippen molar-refractivity contribution < 1.29 is 18.3 Å². The zero-order valence-electron chi connectivity index (χ0n) is 18.3. The van der Waals surface area contributed by atoms with Crippen molar-refractivity contribution in [3.8, 4) is 11.3 Å². The van der Waals surface area contributed by atoms with Crippen LogP contribution >= 0.6 is 0 Å². The van der Waals surface area contributed by atoms with Crippen molar-refractivity contribution in [1.29, 1.82) is 0 Å². The van der Waals surface area contributed by atoms with Gasteiger partial charge in [-0.15, -0.1) is 5.10 Å². The number of ether oxygens (including phenoxy) is 1. The zero-order valence-corrected chi connectivity index (χ0v) is 18.3. The Balaban J connectivity index is 1.53. The number of halogens is 2. The van der Waals surface area contributed by atoms with Crippen LogP contribution in [0.2, 0.25) is 0 Å². The molecular weight excluding hydrogens is 400 g/mol. The Morgan fingerprint density at radius 3 is 2.52 bits per heavy atom. The summed E-state index contributed by atoms with van der Waals surface area (Å²) in [4.78, 5) is 15.6. The first-order chi connectivity index (χ1) is 14.7. The number of likely N-dealkylation sites (tertiary alicyclic amines) is 1. The van der Waals surface area contributed by atoms with E-state index in [1.165, 1.54) is 18.2 Å². The second-order valence-corrected chi connectivity index (χ2v) is 9.87. The van der Waals surface area contributed by atoms with Crippen LogP contribution < -0.4 is 0 Å². The van der Waals surface area contributed by atoms with Gasteiger partial charge in [0.05, 0.1) is 34.6 Å². The second-order valence-electron chi connectivity index (χ2n) is 9.87. The molecule has 1 aromatic heterocycles. The molecule has 1 amide bonds. The number of hydrogen-bond donors (Lipinski definition) is 0. The van der Waals surface area contributed by atoms with Crippen LogP contribution in [0, 0.1) is 17.0 Å². The molecule has 2 bridgehead atoms. The highest BCUT2D eigenvalue weighted by Gasteiger charge is 2.68. The lowest BCUT2D eigenvalue weighted by Crippen LogP contribution is -2.62. The third kappa shape index (κ3) is 2.71. The van der Waals surface area contributed by atoms with Crippen LogP contribution in [-0.2, 0) is 14.9 Å². The van der Waals surface area contributed by atoms with Gasteiger partial charge < -0.3 is 9.64 Å². The van der Waals surface area contributed by atoms with Gasteiger partial charge in [-0.05, 0) is 61.8 Å². The average Bonchev–Trinajstić information content (AvgIpc) is 3.05. The van der Waals surface area contributed by atoms with Gasteiger partial charge in [0.2, 0.25) is 5.91 Å². The third-order valence-corrected chi connectivity index (χ3v) is 7.57. The Morgan fingerprint density at radius 2 is 1.87 bits per heavy atom. The van der Waals surface area contributed by atoms with Crippen LogP contribution in [0.25, 0.3) is 11.3 Å². The molecule has 2 aromatic rings. The van der Waals surface area contributed by atoms with Crippen molar-refractivity contribution in [1.82, 2.24) is 15.1 Å². The van der Waals surface area contributed by atoms with Gasteiger partial charge in [-0.3, -0.25) is 4.79 Å². The molecule has 1 aliphatic heterocycles. The number of carbonyl (C=O) groups excluding carboxylic acids is 1. The summed E-state index contributed by atoms with van der Waals surface area (Å²) in [5.41, 5.74) is 0.470. The summed E-state index contributed by atoms with van der Waals surface area (Å²) in [5.74, 6) is -1.17. The number of carbonyl (C=O) groups is 1. The van der Waals surface area contributed by atoms with E-state index in [-0.39, 0.29) is 40.7 Å². The van der Waals surface area contributed by atoms with Crippen molar-refractivity contribution in [3.63, 3.8) is 0 Å². The minimum absolute atomic E-state index is 0.0685. The highest BCUT2D eigenvalue weighted by atomic mass is 19.1. The fourth-order valence-corrected chi connectivity index (χ4v) is 6.01. The first kappa shape index (κ1) is 20.5. The smallest absolute Gasteiger partial charge is 0.235 e. The van der Waals surface area contributed by atoms with E-state index >= 15 is 0 Å². The maximum Gasteiger partial charge on any atom is 0.235 e. The minimum Gasteiger partial charge on any atom is -0.372 e. The second kappa shape index (κ2) is 6.79. The van der Waals surface area contributed by atoms with Gasteiger partial charge in [-0.2, -0.15) is 5.10 Å². The zero-order chi connectivity index (χ0) is 22.1. The van der Waals surface area contributed by atoms with Gasteiger partial charge >= 0.3 is 0 Å². The predicted molar refractivity (Wildman–Crippen MR) is 111 cm³/mol. The molecule has 1 aromatic carbocycles. The molecule has 0 N–H and O–H groups in total. The van der Waals surface area contributed by atoms with E-state index in [1.54, 1.807) is 6.07 Å². The first-order valence-electron chi connectivity index (χ1n) is 10.9. The summed E-state index contributed by atoms with van der Waals surface area (Å²) < 4.78 is 34.5. The molecule has 1 saturated heterocycles. The molecule has 2 aliphatic carbocycles. The van der Waals surface area contributed by atoms with Gasteiger partial charge in [0.1, 0.15) is 11.6 Å². The molecule has 0 unspecified atom stereocenters. The van der Waals surface area contributed by atoms with Crippen LogP contribution in [0.15, 0.2) is 24.3 Å². The lowest BCUT2D eigenvalue weighted by atomic mass is 9.67. The standard InChI is InChI=1S/C24H27F2N3O2/c1-13(2)31-14-11-29(12-14)22(30)24-9-8-16(23(24,3)4)15-10-19(27-28-21(15)24)20-17(25)6-5-7-18(20)26/h5-7,10,13-14,16H,8-9,11-12H2,1-4H3/t16-,24+/m0/s1. The highest BCUT2D eigenvalue weighted by Crippen LogP contribution is 2.68. The van der Waals surface area contributed by atoms with E-state index in [4.69, 9.17) is 4.74 Å². The van der Waals surface area contributed by atoms with Gasteiger partial charge in [0.25, 0.3) is 0 Å². The Hall–Kier alpha value is -2.41. The fourth-order valence-electron chi connectivity index (χ4n) is 6.01. The number of aromatic nitrogens is 2. The molecule has 2 fully saturated rings. The number of hydrogen-bond acceptors (Lipinski definition) is 4. The van der Waals surface area contributed by atoms with Crippen LogP contribution in [0.4, 0.5) is 8.78 Å². The predicted octanol–water partition coefficient (Wildman–Crippen LogP) is 4.21. The van der Waals surface area contributed by atoms with Crippen LogP contribution in [0.5, 0.6) is 0 Å². The van der Waals surface area contributed by atoms with Gasteiger partial charge in [-0.25, -0.2) is 8.78 Å². The summed E-state index contributed by atoms with van der Waals surface area (Å²) >= 11 is 0. The number of amides is 1. The van der Waals surface area contributed by atoms with Crippen LogP contribution in [-0.4, -0.2) is 46.3 Å². The van der Waals surface area contributed by atoms with Crippen molar-refractivity contribution in [3.05, 3.63) is 47.2 Å². The topological polar surface area (TPSA) is 55.3 Å². The molecule has 5 rings (SSSR count). The highest BCUT2D eigenvalue weighted by molar-refractivity contribution is 5.92. The monoisotopic (exact) mass is 427 g/mol. The summed E-state index contributed by atoms with van der Waals surface area (Å²) in [6, 6.07) is 5.50. The Kier molecular flexibility index (Phi) is 4.49. The van der Waals surface area contributed by atoms with Crippen molar-refractivity contribution in [2.45, 2.75) is 64.1 Å². The maximum absolute atomic E-state index is 14.3. The largest absolute Gasteiger partial charge is 0.372 e. The molecule has 164 valence electrons. The lowest BCUT2D eigenvalue weighted by molar-refractivity contribution is -0.157. The third-order valence-electron chi connectivity index (χ3n) is 7.57. The maximum atomic E-state index is 14.3. The molecule has 3 aliphatic rings. The molecule has 7 heteroatoms. The number of benzene rings is 1. The Labute approximate surface area is 180 Å². The number of rotatable bonds is 4. The van der Waals surface area contributed by atoms with Crippen molar-refractivity contribution in [2.24, 2.45) is 5.41 Å². The molecule has 2 atom stereocenters. The Bertz CT molecular complexity index is 1040. The molecular formula is C24H27F2N3O2. The van der Waals surface area contributed by atoms with E-state index in [1.807, 2.05) is 18.7 Å². The molecule has 0 radical (unpaired) electrons. The average molecular weight is 427 g/mol. The molecule has 0 spiro atoms. The summed E-state index contributed by atoms with van der Waals surface area (Å²) in [5, 5.41) is 8.62. The van der Waals surface area contributed by atoms with E-state index in [2.05, 4.69) is 24.0 Å². The van der Waals surface area contributed by atoms with Crippen LogP contribution in [0.1, 0.15) is 57.7 Å². The minimum atomic E-state index is -0.755. The summed E-state index contributed by atoms with van der Waals surface area (Å²) in [6.45, 7) is 9.37. The van der Waals surface area contributed by atoms with Gasteiger partial charge in [0, 0.05) is 13.1 Å². The van der Waals surface area contributed by atoms with E-state index in [0.717, 1.165) is 12.0 Å². The van der Waals surface area contributed by atoms with Crippen LogP contribution in [0.3, 0.4) is 0 Å². The van der Waals surface area contributed by atoms with Gasteiger partial charge in [-0.1, -0.05) is 19.9 Å². The number of nitrogens with zero attached hydrogens (tertiary/aromatic N) is 3. The first-order valence-corrected chi connectivity index (χ1v) is 10.9. The van der Waals surface area contributed by atoms with Crippen molar-refractivity contribution >= 4 is 5.91 Å². The van der Waals surface area contributed by atoms with E-state index in [9.17, 15) is 13.6 Å². The Morgan fingerprint density at radius 1 is 1.19 bits per heavy atom. The lowest BCUT2D eigenvalue weighted by Gasteiger charge is -2.46.